The lowest BCUT2D eigenvalue weighted by molar-refractivity contribution is -0.138. The van der Waals surface area contributed by atoms with Crippen LogP contribution in [-0.2, 0) is 4.79 Å². The van der Waals surface area contributed by atoms with E-state index in [2.05, 4.69) is 25.2 Å². The van der Waals surface area contributed by atoms with Crippen molar-refractivity contribution in [3.05, 3.63) is 47.5 Å². The van der Waals surface area contributed by atoms with Crippen molar-refractivity contribution in [3.63, 3.8) is 0 Å². The normalized spacial score (nSPS) is 23.7. The second-order valence-corrected chi connectivity index (χ2v) is 7.09. The zero-order chi connectivity index (χ0) is 17.7. The molecule has 1 aliphatic rings. The molecule has 0 unspecified atom stereocenters. The largest absolute Gasteiger partial charge is 0.481 e. The van der Waals surface area contributed by atoms with E-state index in [1.165, 1.54) is 0 Å². The van der Waals surface area contributed by atoms with Gasteiger partial charge in [0, 0.05) is 12.1 Å². The highest BCUT2D eigenvalue weighted by molar-refractivity contribution is 5.94. The number of carbonyl (C=O) groups excluding carboxylic acids is 1. The van der Waals surface area contributed by atoms with E-state index in [0.717, 1.165) is 12.0 Å². The third kappa shape index (κ3) is 4.70. The molecule has 0 saturated heterocycles. The maximum Gasteiger partial charge on any atom is 0.303 e. The average Bonchev–Trinajstić information content (AvgIpc) is 2.54. The number of rotatable bonds is 6. The van der Waals surface area contributed by atoms with Crippen LogP contribution < -0.4 is 5.32 Å². The number of amides is 1. The summed E-state index contributed by atoms with van der Waals surface area (Å²) in [4.78, 5) is 23.3. The second-order valence-electron chi connectivity index (χ2n) is 7.09. The molecule has 0 aromatic heterocycles. The molecule has 2 N–H and O–H groups in total. The summed E-state index contributed by atoms with van der Waals surface area (Å²) < 4.78 is 0. The molecule has 1 amide bonds. The molecule has 1 aliphatic carbocycles. The van der Waals surface area contributed by atoms with Gasteiger partial charge < -0.3 is 10.4 Å². The first-order valence-electron chi connectivity index (χ1n) is 8.61. The van der Waals surface area contributed by atoms with Gasteiger partial charge in [0.2, 0.25) is 0 Å². The van der Waals surface area contributed by atoms with Crippen LogP contribution in [0.15, 0.2) is 42.0 Å². The molecule has 4 nitrogen and oxygen atoms in total. The second kappa shape index (κ2) is 8.13. The van der Waals surface area contributed by atoms with Crippen molar-refractivity contribution in [2.75, 3.05) is 6.54 Å². The highest BCUT2D eigenvalue weighted by Crippen LogP contribution is 2.38. The Kier molecular flexibility index (Phi) is 6.18. The minimum Gasteiger partial charge on any atom is -0.481 e. The highest BCUT2D eigenvalue weighted by Gasteiger charge is 2.32. The van der Waals surface area contributed by atoms with E-state index < -0.39 is 5.97 Å². The van der Waals surface area contributed by atoms with Crippen molar-refractivity contribution in [1.82, 2.24) is 5.32 Å². The summed E-state index contributed by atoms with van der Waals surface area (Å²) in [5.74, 6) is 0.389. The molecule has 3 atom stereocenters. The maximum absolute atomic E-state index is 12.2. The van der Waals surface area contributed by atoms with Gasteiger partial charge in [0.05, 0.1) is 6.42 Å². The lowest BCUT2D eigenvalue weighted by atomic mass is 9.70. The molecule has 0 heterocycles. The fourth-order valence-electron chi connectivity index (χ4n) is 3.62. The van der Waals surface area contributed by atoms with Gasteiger partial charge >= 0.3 is 5.97 Å². The van der Waals surface area contributed by atoms with E-state index in [1.807, 2.05) is 25.1 Å². The van der Waals surface area contributed by atoms with Crippen molar-refractivity contribution in [2.24, 2.45) is 23.7 Å². The molecule has 0 aliphatic heterocycles. The van der Waals surface area contributed by atoms with Gasteiger partial charge in [0.1, 0.15) is 0 Å². The van der Waals surface area contributed by atoms with Crippen molar-refractivity contribution < 1.29 is 14.7 Å². The predicted octanol–water partition coefficient (Wildman–Crippen LogP) is 3.75. The Hall–Kier alpha value is -2.10. The number of carboxylic acid groups (broad SMARTS) is 1. The average molecular weight is 329 g/mol. The van der Waals surface area contributed by atoms with Crippen LogP contribution in [0.3, 0.4) is 0 Å². The van der Waals surface area contributed by atoms with Crippen molar-refractivity contribution >= 4 is 11.9 Å². The molecule has 0 bridgehead atoms. The standard InChI is InChI=1S/C20H27NO3/c1-13(2)18-10-16(11-19(22)23)14(3)9-17(18)12-21-20(24)15-7-5-4-6-8-15/h4-9,13,16-18H,10-12H2,1-3H3,(H,21,24)(H,22,23)/t16-,17-,18-/m0/s1. The Labute approximate surface area is 144 Å². The summed E-state index contributed by atoms with van der Waals surface area (Å²) in [7, 11) is 0. The number of benzene rings is 1. The van der Waals surface area contributed by atoms with Gasteiger partial charge in [-0.25, -0.2) is 0 Å². The third-order valence-electron chi connectivity index (χ3n) is 5.04. The first-order chi connectivity index (χ1) is 11.4. The molecule has 2 rings (SSSR count). The minimum absolute atomic E-state index is 0.0585. The predicted molar refractivity (Wildman–Crippen MR) is 94.7 cm³/mol. The van der Waals surface area contributed by atoms with Gasteiger partial charge in [0.25, 0.3) is 5.91 Å². The van der Waals surface area contributed by atoms with Gasteiger partial charge in [0.15, 0.2) is 0 Å². The molecule has 24 heavy (non-hydrogen) atoms. The minimum atomic E-state index is -0.744. The first kappa shape index (κ1) is 18.2. The van der Waals surface area contributed by atoms with Gasteiger partial charge in [-0.3, -0.25) is 9.59 Å². The van der Waals surface area contributed by atoms with Crippen LogP contribution in [0.4, 0.5) is 0 Å². The van der Waals surface area contributed by atoms with Crippen molar-refractivity contribution in [3.8, 4) is 0 Å². The monoisotopic (exact) mass is 329 g/mol. The van der Waals surface area contributed by atoms with Crippen molar-refractivity contribution in [1.29, 1.82) is 0 Å². The number of hydrogen-bond acceptors (Lipinski definition) is 2. The Morgan fingerprint density at radius 3 is 2.50 bits per heavy atom. The van der Waals surface area contributed by atoms with E-state index in [4.69, 9.17) is 5.11 Å². The Balaban J connectivity index is 2.05. The molecular formula is C20H27NO3. The molecule has 0 saturated carbocycles. The van der Waals surface area contributed by atoms with Crippen LogP contribution in [0.25, 0.3) is 0 Å². The van der Waals surface area contributed by atoms with E-state index in [-0.39, 0.29) is 24.2 Å². The summed E-state index contributed by atoms with van der Waals surface area (Å²) in [5, 5.41) is 12.1. The molecule has 1 aromatic rings. The van der Waals surface area contributed by atoms with Crippen LogP contribution in [0.1, 0.15) is 44.0 Å². The fourth-order valence-corrected chi connectivity index (χ4v) is 3.62. The fraction of sp³-hybridized carbons (Fsp3) is 0.500. The molecule has 0 radical (unpaired) electrons. The summed E-state index contributed by atoms with van der Waals surface area (Å²) in [6, 6.07) is 9.21. The van der Waals surface area contributed by atoms with Crippen LogP contribution in [-0.4, -0.2) is 23.5 Å². The molecule has 1 aromatic carbocycles. The number of allylic oxidation sites excluding steroid dienone is 1. The zero-order valence-electron chi connectivity index (χ0n) is 14.7. The van der Waals surface area contributed by atoms with Gasteiger partial charge in [-0.1, -0.05) is 43.7 Å². The van der Waals surface area contributed by atoms with Gasteiger partial charge in [-0.05, 0) is 49.1 Å². The Morgan fingerprint density at radius 2 is 1.92 bits per heavy atom. The topological polar surface area (TPSA) is 66.4 Å². The van der Waals surface area contributed by atoms with Crippen LogP contribution in [0, 0.1) is 23.7 Å². The quantitative estimate of drug-likeness (QED) is 0.781. The van der Waals surface area contributed by atoms with E-state index >= 15 is 0 Å². The maximum atomic E-state index is 12.2. The lowest BCUT2D eigenvalue weighted by Crippen LogP contribution is -2.37. The van der Waals surface area contributed by atoms with E-state index in [9.17, 15) is 9.59 Å². The summed E-state index contributed by atoms with van der Waals surface area (Å²) in [6.07, 6.45) is 3.24. The number of carbonyl (C=O) groups is 2. The highest BCUT2D eigenvalue weighted by atomic mass is 16.4. The van der Waals surface area contributed by atoms with Gasteiger partial charge in [-0.15, -0.1) is 0 Å². The molecular weight excluding hydrogens is 302 g/mol. The number of aliphatic carboxylic acids is 1. The lowest BCUT2D eigenvalue weighted by Gasteiger charge is -2.36. The molecule has 4 heteroatoms. The van der Waals surface area contributed by atoms with Gasteiger partial charge in [-0.2, -0.15) is 0 Å². The Morgan fingerprint density at radius 1 is 1.25 bits per heavy atom. The summed E-state index contributed by atoms with van der Waals surface area (Å²) in [5.41, 5.74) is 1.80. The van der Waals surface area contributed by atoms with E-state index in [0.29, 0.717) is 23.9 Å². The first-order valence-corrected chi connectivity index (χ1v) is 8.61. The smallest absolute Gasteiger partial charge is 0.303 e. The Bertz CT molecular complexity index is 607. The zero-order valence-corrected chi connectivity index (χ0v) is 14.7. The molecule has 130 valence electrons. The molecule has 0 spiro atoms. The SMILES string of the molecule is CC1=C[C@@H](CNC(=O)c2ccccc2)[C@H](C(C)C)C[C@H]1CC(=O)O. The third-order valence-corrected chi connectivity index (χ3v) is 5.04. The van der Waals surface area contributed by atoms with E-state index in [1.54, 1.807) is 12.1 Å². The van der Waals surface area contributed by atoms with Crippen LogP contribution >= 0.6 is 0 Å². The summed E-state index contributed by atoms with van der Waals surface area (Å²) >= 11 is 0. The van der Waals surface area contributed by atoms with Crippen LogP contribution in [0.2, 0.25) is 0 Å². The van der Waals surface area contributed by atoms with Crippen molar-refractivity contribution in [2.45, 2.75) is 33.6 Å². The van der Waals surface area contributed by atoms with Crippen LogP contribution in [0.5, 0.6) is 0 Å². The number of carboxylic acids is 1. The number of hydrogen-bond donors (Lipinski definition) is 2. The molecule has 0 fully saturated rings. The summed E-state index contributed by atoms with van der Waals surface area (Å²) in [6.45, 7) is 6.94. The number of nitrogens with one attached hydrogen (secondary N) is 1.